The summed E-state index contributed by atoms with van der Waals surface area (Å²) in [5.74, 6) is 0.582. The molecule has 1 N–H and O–H groups in total. The molecule has 1 fully saturated rings. The van der Waals surface area contributed by atoms with Gasteiger partial charge in [0, 0.05) is 56.2 Å². The number of para-hydroxylation sites is 1. The van der Waals surface area contributed by atoms with Crippen LogP contribution in [0.1, 0.15) is 12.5 Å². The zero-order valence-corrected chi connectivity index (χ0v) is 23.7. The zero-order chi connectivity index (χ0) is 28.6. The molecule has 0 bridgehead atoms. The Hall–Kier alpha value is -4.54. The van der Waals surface area contributed by atoms with Crippen LogP contribution in [0.5, 0.6) is 0 Å². The first-order chi connectivity index (χ1) is 19.8. The Kier molecular flexibility index (Phi) is 7.02. The molecule has 0 unspecified atom stereocenters. The summed E-state index contributed by atoms with van der Waals surface area (Å²) >= 11 is 0. The molecule has 1 saturated heterocycles. The van der Waals surface area contributed by atoms with Gasteiger partial charge in [0.05, 0.1) is 10.3 Å². The van der Waals surface area contributed by atoms with Gasteiger partial charge in [-0.25, -0.2) is 18.4 Å². The van der Waals surface area contributed by atoms with Gasteiger partial charge in [-0.05, 0) is 48.4 Å². The van der Waals surface area contributed by atoms with Gasteiger partial charge < -0.3 is 14.8 Å². The number of amides is 1. The van der Waals surface area contributed by atoms with Crippen LogP contribution in [0.3, 0.4) is 0 Å². The summed E-state index contributed by atoms with van der Waals surface area (Å²) in [6.45, 7) is 5.10. The topological polar surface area (TPSA) is 100 Å². The van der Waals surface area contributed by atoms with Crippen LogP contribution < -0.4 is 10.2 Å². The number of carbonyl (C=O) groups is 1. The summed E-state index contributed by atoms with van der Waals surface area (Å²) in [5, 5.41) is 3.60. The van der Waals surface area contributed by atoms with Crippen molar-refractivity contribution >= 4 is 38.5 Å². The third-order valence-electron chi connectivity index (χ3n) is 7.37. The van der Waals surface area contributed by atoms with E-state index in [1.165, 1.54) is 23.4 Å². The van der Waals surface area contributed by atoms with Crippen LogP contribution in [-0.2, 0) is 14.8 Å². The lowest BCUT2D eigenvalue weighted by Gasteiger charge is -2.35. The average Bonchev–Trinajstić information content (AvgIpc) is 3.38. The lowest BCUT2D eigenvalue weighted by Crippen LogP contribution is -2.49. The summed E-state index contributed by atoms with van der Waals surface area (Å²) in [4.78, 5) is 23.1. The predicted octanol–water partition coefficient (Wildman–Crippen LogP) is 4.87. The molecule has 2 aromatic heterocycles. The minimum Gasteiger partial charge on any atom is -0.353 e. The molecule has 1 amide bonds. The molecule has 3 aromatic carbocycles. The summed E-state index contributed by atoms with van der Waals surface area (Å²) in [6, 6.07) is 24.7. The molecule has 1 aliphatic heterocycles. The van der Waals surface area contributed by atoms with Crippen LogP contribution in [0.4, 0.5) is 11.5 Å². The molecule has 0 spiro atoms. The fourth-order valence-electron chi connectivity index (χ4n) is 5.34. The number of hydrogen-bond acceptors (Lipinski definition) is 6. The summed E-state index contributed by atoms with van der Waals surface area (Å²) in [5.41, 5.74) is 5.62. The molecule has 9 nitrogen and oxygen atoms in total. The number of fused-ring (bicyclic) bond motifs is 1. The number of sulfonamides is 1. The van der Waals surface area contributed by atoms with Gasteiger partial charge in [0.15, 0.2) is 5.65 Å². The van der Waals surface area contributed by atoms with E-state index >= 15 is 0 Å². The smallest absolute Gasteiger partial charge is 0.243 e. The Morgan fingerprint density at radius 3 is 2.22 bits per heavy atom. The number of aromatic nitrogens is 3. The number of nitrogens with one attached hydrogen (secondary N) is 1. The van der Waals surface area contributed by atoms with E-state index in [0.717, 1.165) is 39.2 Å². The third-order valence-corrected chi connectivity index (χ3v) is 9.29. The van der Waals surface area contributed by atoms with Crippen LogP contribution in [0.2, 0.25) is 0 Å². The molecule has 0 saturated carbocycles. The van der Waals surface area contributed by atoms with Crippen molar-refractivity contribution in [3.8, 4) is 16.8 Å². The van der Waals surface area contributed by atoms with Crippen molar-refractivity contribution in [3.63, 3.8) is 0 Å². The molecule has 5 aromatic rings. The van der Waals surface area contributed by atoms with Gasteiger partial charge >= 0.3 is 0 Å². The first-order valence-electron chi connectivity index (χ1n) is 13.4. The van der Waals surface area contributed by atoms with Crippen molar-refractivity contribution in [1.29, 1.82) is 0 Å². The first-order valence-corrected chi connectivity index (χ1v) is 14.9. The van der Waals surface area contributed by atoms with Crippen molar-refractivity contribution in [1.82, 2.24) is 18.8 Å². The minimum atomic E-state index is -3.69. The van der Waals surface area contributed by atoms with Crippen LogP contribution in [0.15, 0.2) is 96.3 Å². The normalized spacial score (nSPS) is 14.3. The zero-order valence-electron chi connectivity index (χ0n) is 22.9. The highest BCUT2D eigenvalue weighted by Crippen LogP contribution is 2.37. The molecule has 0 aliphatic carbocycles. The SMILES string of the molecule is CC(=O)Nc1ccc(S(=O)(=O)N2CCN(c3ncnc4c3c(-c3ccccc3)cn4-c3ccccc3C)CC2)cc1. The fraction of sp³-hybridized carbons (Fsp3) is 0.194. The van der Waals surface area contributed by atoms with Gasteiger partial charge in [0.1, 0.15) is 12.1 Å². The first kappa shape index (κ1) is 26.7. The number of hydrogen-bond donors (Lipinski definition) is 1. The van der Waals surface area contributed by atoms with E-state index in [0.29, 0.717) is 31.9 Å². The molecule has 10 heteroatoms. The minimum absolute atomic E-state index is 0.200. The fourth-order valence-corrected chi connectivity index (χ4v) is 6.76. The van der Waals surface area contributed by atoms with E-state index in [9.17, 15) is 13.2 Å². The maximum Gasteiger partial charge on any atom is 0.243 e. The highest BCUT2D eigenvalue weighted by Gasteiger charge is 2.30. The second-order valence-electron chi connectivity index (χ2n) is 10.1. The Morgan fingerprint density at radius 2 is 1.54 bits per heavy atom. The predicted molar refractivity (Wildman–Crippen MR) is 161 cm³/mol. The van der Waals surface area contributed by atoms with Crippen molar-refractivity contribution in [2.45, 2.75) is 18.7 Å². The monoisotopic (exact) mass is 566 g/mol. The van der Waals surface area contributed by atoms with Gasteiger partial charge in [0.25, 0.3) is 0 Å². The van der Waals surface area contributed by atoms with Crippen LogP contribution >= 0.6 is 0 Å². The van der Waals surface area contributed by atoms with Crippen molar-refractivity contribution in [3.05, 3.63) is 97.0 Å². The maximum atomic E-state index is 13.4. The van der Waals surface area contributed by atoms with Gasteiger partial charge in [-0.3, -0.25) is 4.79 Å². The quantitative estimate of drug-likeness (QED) is 0.315. The van der Waals surface area contributed by atoms with Crippen molar-refractivity contribution in [2.24, 2.45) is 0 Å². The second-order valence-corrected chi connectivity index (χ2v) is 12.0. The van der Waals surface area contributed by atoms with Gasteiger partial charge in [-0.1, -0.05) is 48.5 Å². The Labute approximate surface area is 239 Å². The molecule has 208 valence electrons. The van der Waals surface area contributed by atoms with Crippen LogP contribution in [0, 0.1) is 6.92 Å². The van der Waals surface area contributed by atoms with Crippen molar-refractivity contribution < 1.29 is 13.2 Å². The number of benzene rings is 3. The average molecular weight is 567 g/mol. The van der Waals surface area contributed by atoms with Crippen LogP contribution in [-0.4, -0.2) is 59.3 Å². The molecule has 0 radical (unpaired) electrons. The lowest BCUT2D eigenvalue weighted by atomic mass is 10.1. The number of nitrogens with zero attached hydrogens (tertiary/aromatic N) is 5. The molecule has 0 atom stereocenters. The van der Waals surface area contributed by atoms with Gasteiger partial charge in [-0.15, -0.1) is 0 Å². The highest BCUT2D eigenvalue weighted by molar-refractivity contribution is 7.89. The van der Waals surface area contributed by atoms with E-state index < -0.39 is 10.0 Å². The van der Waals surface area contributed by atoms with E-state index in [-0.39, 0.29) is 10.8 Å². The largest absolute Gasteiger partial charge is 0.353 e. The molecular weight excluding hydrogens is 536 g/mol. The molecule has 6 rings (SSSR count). The third kappa shape index (κ3) is 5.07. The number of aryl methyl sites for hydroxylation is 1. The molecule has 1 aliphatic rings. The summed E-state index contributed by atoms with van der Waals surface area (Å²) in [7, 11) is -3.69. The maximum absolute atomic E-state index is 13.4. The highest BCUT2D eigenvalue weighted by atomic mass is 32.2. The van der Waals surface area contributed by atoms with E-state index in [4.69, 9.17) is 9.97 Å². The summed E-state index contributed by atoms with van der Waals surface area (Å²) < 4.78 is 30.4. The summed E-state index contributed by atoms with van der Waals surface area (Å²) in [6.07, 6.45) is 3.70. The standard InChI is InChI=1S/C31H30N6O3S/c1-22-8-6-7-11-28(22)37-20-27(24-9-4-3-5-10-24)29-30(32-21-33-31(29)37)35-16-18-36(19-17-35)41(39,40)26-14-12-25(13-15-26)34-23(2)38/h3-15,20-21H,16-19H2,1-2H3,(H,34,38). The Bertz CT molecular complexity index is 1830. The van der Waals surface area contributed by atoms with E-state index in [1.54, 1.807) is 18.5 Å². The molecule has 3 heterocycles. The van der Waals surface area contributed by atoms with E-state index in [2.05, 4.69) is 52.2 Å². The lowest BCUT2D eigenvalue weighted by molar-refractivity contribution is -0.114. The van der Waals surface area contributed by atoms with Crippen molar-refractivity contribution in [2.75, 3.05) is 36.4 Å². The van der Waals surface area contributed by atoms with Crippen LogP contribution in [0.25, 0.3) is 27.8 Å². The number of rotatable bonds is 6. The second kappa shape index (κ2) is 10.8. The van der Waals surface area contributed by atoms with E-state index in [1.807, 2.05) is 30.3 Å². The number of piperazine rings is 1. The van der Waals surface area contributed by atoms with Gasteiger partial charge in [-0.2, -0.15) is 4.31 Å². The molecular formula is C31H30N6O3S. The number of carbonyl (C=O) groups excluding carboxylic acids is 1. The van der Waals surface area contributed by atoms with Gasteiger partial charge in [0.2, 0.25) is 15.9 Å². The number of anilines is 2. The Balaban J connectivity index is 1.33. The molecule has 41 heavy (non-hydrogen) atoms. The Morgan fingerprint density at radius 1 is 0.854 bits per heavy atom.